The van der Waals surface area contributed by atoms with Crippen LogP contribution in [0, 0.1) is 0 Å². The number of nitrogens with zero attached hydrogens (tertiary/aromatic N) is 2. The van der Waals surface area contributed by atoms with E-state index in [1.54, 1.807) is 0 Å². The molecule has 1 fully saturated rings. The molecule has 0 saturated carbocycles. The number of hydrogen-bond donors (Lipinski definition) is 3. The normalized spacial score (nSPS) is 25.3. The Morgan fingerprint density at radius 3 is 2.46 bits per heavy atom. The molecule has 1 aromatic rings. The van der Waals surface area contributed by atoms with Crippen molar-refractivity contribution in [2.45, 2.75) is 24.7 Å². The number of likely N-dealkylation sites (N-methyl/N-ethyl adjacent to an activating group) is 1. The monoisotopic (exact) mass is 346 g/mol. The third kappa shape index (κ3) is 2.83. The largest absolute Gasteiger partial charge is 0.416 e. The average Bonchev–Trinajstić information content (AvgIpc) is 2.79. The van der Waals surface area contributed by atoms with Crippen molar-refractivity contribution in [2.75, 3.05) is 14.2 Å². The number of alkyl halides is 3. The Labute approximate surface area is 136 Å². The summed E-state index contributed by atoms with van der Waals surface area (Å²) in [6.07, 6.45) is -4.46. The maximum absolute atomic E-state index is 12.7. The second-order valence-electron chi connectivity index (χ2n) is 5.33. The highest BCUT2D eigenvalue weighted by atomic mass is 19.4. The quantitative estimate of drug-likeness (QED) is 0.568. The molecule has 1 saturated heterocycles. The lowest BCUT2D eigenvalue weighted by Crippen LogP contribution is -2.58. The molecule has 132 valence electrons. The Morgan fingerprint density at radius 1 is 1.42 bits per heavy atom. The zero-order chi connectivity index (χ0) is 18.1. The number of carbonyl (C=O) groups is 1. The first-order chi connectivity index (χ1) is 11.2. The van der Waals surface area contributed by atoms with Crippen LogP contribution in [0.15, 0.2) is 29.4 Å². The molecular formula is C14H17F3N4O3. The molecule has 0 radical (unpaired) electrons. The fourth-order valence-electron chi connectivity index (χ4n) is 2.69. The van der Waals surface area contributed by atoms with Gasteiger partial charge in [-0.05, 0) is 24.6 Å². The second-order valence-corrected chi connectivity index (χ2v) is 5.33. The van der Waals surface area contributed by atoms with Crippen LogP contribution in [0.2, 0.25) is 0 Å². The van der Waals surface area contributed by atoms with E-state index < -0.39 is 29.2 Å². The number of oxime groups is 1. The summed E-state index contributed by atoms with van der Waals surface area (Å²) in [4.78, 5) is 17.2. The molecule has 1 aliphatic heterocycles. The molecule has 0 bridgehead atoms. The summed E-state index contributed by atoms with van der Waals surface area (Å²) in [5.41, 5.74) is 2.70. The molecule has 1 aromatic carbocycles. The van der Waals surface area contributed by atoms with Crippen molar-refractivity contribution < 1.29 is 28.0 Å². The highest BCUT2D eigenvalue weighted by molar-refractivity contribution is 6.13. The Balaban J connectivity index is 2.50. The standard InChI is InChI=1S/C14H17F3N4O3/c1-8(19-24-3)13(20-23)11(18-21(2)12(13)22)9-4-6-10(7-5-9)14(15,16)17/h4-7,11,18,20,23H,1-3H3/b19-8+. The minimum atomic E-state index is -4.46. The number of nitrogens with one attached hydrogen (secondary N) is 2. The summed E-state index contributed by atoms with van der Waals surface area (Å²) in [5, 5.41) is 14.5. The lowest BCUT2D eigenvalue weighted by molar-refractivity contribution is -0.137. The van der Waals surface area contributed by atoms with Crippen molar-refractivity contribution >= 4 is 11.6 Å². The maximum Gasteiger partial charge on any atom is 0.416 e. The van der Waals surface area contributed by atoms with Crippen molar-refractivity contribution in [1.29, 1.82) is 0 Å². The summed E-state index contributed by atoms with van der Waals surface area (Å²) in [5.74, 6) is -0.562. The van der Waals surface area contributed by atoms with Gasteiger partial charge in [-0.1, -0.05) is 17.3 Å². The van der Waals surface area contributed by atoms with Gasteiger partial charge in [-0.2, -0.15) is 18.7 Å². The summed E-state index contributed by atoms with van der Waals surface area (Å²) >= 11 is 0. The zero-order valence-corrected chi connectivity index (χ0v) is 13.2. The number of hydrogen-bond acceptors (Lipinski definition) is 6. The van der Waals surface area contributed by atoms with Gasteiger partial charge in [0.05, 0.1) is 17.3 Å². The predicted octanol–water partition coefficient (Wildman–Crippen LogP) is 1.46. The van der Waals surface area contributed by atoms with Crippen LogP contribution in [0.1, 0.15) is 24.1 Å². The Bertz CT molecular complexity index is 648. The van der Waals surface area contributed by atoms with Gasteiger partial charge in [0.2, 0.25) is 0 Å². The van der Waals surface area contributed by atoms with Gasteiger partial charge >= 0.3 is 6.18 Å². The molecule has 2 rings (SSSR count). The van der Waals surface area contributed by atoms with Crippen molar-refractivity contribution in [2.24, 2.45) is 5.16 Å². The van der Waals surface area contributed by atoms with Gasteiger partial charge in [0.25, 0.3) is 5.91 Å². The van der Waals surface area contributed by atoms with Crippen LogP contribution in [-0.4, -0.2) is 41.5 Å². The second kappa shape index (κ2) is 6.38. The van der Waals surface area contributed by atoms with Gasteiger partial charge in [-0.15, -0.1) is 0 Å². The molecule has 1 heterocycles. The van der Waals surface area contributed by atoms with Crippen LogP contribution in [0.5, 0.6) is 0 Å². The van der Waals surface area contributed by atoms with Gasteiger partial charge in [0.1, 0.15) is 7.11 Å². The number of hydroxylamine groups is 1. The highest BCUT2D eigenvalue weighted by Crippen LogP contribution is 2.36. The first-order valence-corrected chi connectivity index (χ1v) is 6.89. The van der Waals surface area contributed by atoms with Crippen molar-refractivity contribution in [1.82, 2.24) is 15.9 Å². The number of amides is 1. The van der Waals surface area contributed by atoms with Gasteiger partial charge in [-0.25, -0.2) is 5.43 Å². The molecule has 1 aliphatic rings. The van der Waals surface area contributed by atoms with E-state index >= 15 is 0 Å². The van der Waals surface area contributed by atoms with Crippen LogP contribution in [0.25, 0.3) is 0 Å². The minimum Gasteiger partial charge on any atom is -0.399 e. The molecule has 1 amide bonds. The molecule has 2 atom stereocenters. The van der Waals surface area contributed by atoms with Gasteiger partial charge in [0.15, 0.2) is 5.54 Å². The third-order valence-electron chi connectivity index (χ3n) is 3.94. The van der Waals surface area contributed by atoms with E-state index in [9.17, 15) is 23.2 Å². The topological polar surface area (TPSA) is 86.2 Å². The van der Waals surface area contributed by atoms with Crippen LogP contribution in [0.4, 0.5) is 13.2 Å². The van der Waals surface area contributed by atoms with Crippen molar-refractivity contribution in [3.05, 3.63) is 35.4 Å². The molecule has 7 nitrogen and oxygen atoms in total. The molecule has 0 aliphatic carbocycles. The minimum absolute atomic E-state index is 0.110. The lowest BCUT2D eigenvalue weighted by Gasteiger charge is -2.30. The summed E-state index contributed by atoms with van der Waals surface area (Å²) < 4.78 is 38.1. The van der Waals surface area contributed by atoms with Gasteiger partial charge in [-0.3, -0.25) is 9.80 Å². The SMILES string of the molecule is CO/N=C(\C)C1(NO)C(=O)N(C)NC1c1ccc(C(F)(F)F)cc1. The fourth-order valence-corrected chi connectivity index (χ4v) is 2.69. The van der Waals surface area contributed by atoms with E-state index in [-0.39, 0.29) is 5.71 Å². The molecule has 0 aromatic heterocycles. The number of halogens is 3. The number of benzene rings is 1. The fraction of sp³-hybridized carbons (Fsp3) is 0.429. The number of rotatable bonds is 4. The predicted molar refractivity (Wildman–Crippen MR) is 77.9 cm³/mol. The van der Waals surface area contributed by atoms with Crippen LogP contribution in [-0.2, 0) is 15.8 Å². The molecular weight excluding hydrogens is 329 g/mol. The molecule has 0 spiro atoms. The highest BCUT2D eigenvalue weighted by Gasteiger charge is 2.56. The Hall–Kier alpha value is -2.17. The molecule has 3 N–H and O–H groups in total. The Morgan fingerprint density at radius 2 is 2.00 bits per heavy atom. The van der Waals surface area contributed by atoms with E-state index in [0.717, 1.165) is 17.1 Å². The summed E-state index contributed by atoms with van der Waals surface area (Å²) in [7, 11) is 2.71. The van der Waals surface area contributed by atoms with Crippen LogP contribution in [0.3, 0.4) is 0 Å². The summed E-state index contributed by atoms with van der Waals surface area (Å²) in [6, 6.07) is 3.40. The first kappa shape index (κ1) is 18.2. The average molecular weight is 346 g/mol. The Kier molecular flexibility index (Phi) is 4.83. The molecule has 2 unspecified atom stereocenters. The lowest BCUT2D eigenvalue weighted by atomic mass is 9.83. The molecule has 10 heteroatoms. The van der Waals surface area contributed by atoms with Crippen molar-refractivity contribution in [3.8, 4) is 0 Å². The number of carbonyl (C=O) groups excluding carboxylic acids is 1. The van der Waals surface area contributed by atoms with E-state index in [1.165, 1.54) is 33.2 Å². The number of hydrazine groups is 1. The molecule has 24 heavy (non-hydrogen) atoms. The first-order valence-electron chi connectivity index (χ1n) is 6.89. The van der Waals surface area contributed by atoms with Gasteiger partial charge < -0.3 is 10.0 Å². The van der Waals surface area contributed by atoms with E-state index in [2.05, 4.69) is 15.4 Å². The smallest absolute Gasteiger partial charge is 0.399 e. The van der Waals surface area contributed by atoms with Crippen LogP contribution < -0.4 is 10.9 Å². The summed E-state index contributed by atoms with van der Waals surface area (Å²) in [6.45, 7) is 1.46. The maximum atomic E-state index is 12.7. The van der Waals surface area contributed by atoms with Crippen LogP contribution >= 0.6 is 0 Å². The third-order valence-corrected chi connectivity index (χ3v) is 3.94. The van der Waals surface area contributed by atoms with E-state index in [0.29, 0.717) is 5.56 Å². The van der Waals surface area contributed by atoms with E-state index in [4.69, 9.17) is 0 Å². The van der Waals surface area contributed by atoms with Crippen molar-refractivity contribution in [3.63, 3.8) is 0 Å². The van der Waals surface area contributed by atoms with E-state index in [1.807, 2.05) is 5.48 Å². The van der Waals surface area contributed by atoms with Gasteiger partial charge in [0, 0.05) is 7.05 Å². The zero-order valence-electron chi connectivity index (χ0n) is 13.2.